The van der Waals surface area contributed by atoms with Gasteiger partial charge in [-0.2, -0.15) is 28.3 Å². The molecular formula is C23H37ClO4Ti. The van der Waals surface area contributed by atoms with Gasteiger partial charge in [-0.15, -0.1) is 0 Å². The molecule has 0 atom stereocenters. The van der Waals surface area contributed by atoms with Crippen molar-refractivity contribution < 1.29 is 53.9 Å². The number of carbonyl (C=O) groups is 2. The van der Waals surface area contributed by atoms with Crippen molar-refractivity contribution in [2.24, 2.45) is 10.8 Å². The number of aliphatic carboxylic acids is 2. The minimum Gasteiger partial charge on any atom is -1.00 e. The monoisotopic (exact) mass is 460 g/mol. The first kappa shape index (κ1) is 30.5. The maximum atomic E-state index is 10.0. The summed E-state index contributed by atoms with van der Waals surface area (Å²) in [6.45, 7) is 9.97. The van der Waals surface area contributed by atoms with Crippen molar-refractivity contribution >= 4 is 11.9 Å². The van der Waals surface area contributed by atoms with E-state index < -0.39 is 22.8 Å². The van der Waals surface area contributed by atoms with Gasteiger partial charge in [-0.05, 0) is 41.5 Å². The molecule has 3 rings (SSSR count). The molecular weight excluding hydrogens is 424 g/mol. The molecule has 0 saturated heterocycles. The Morgan fingerprint density at radius 1 is 0.690 bits per heavy atom. The maximum absolute atomic E-state index is 10.0. The third-order valence-corrected chi connectivity index (χ3v) is 5.02. The van der Waals surface area contributed by atoms with Gasteiger partial charge in [0.25, 0.3) is 0 Å². The predicted octanol–water partition coefficient (Wildman–Crippen LogP) is 2.40. The molecule has 0 aromatic heterocycles. The molecule has 164 valence electrons. The van der Waals surface area contributed by atoms with Gasteiger partial charge in [-0.1, -0.05) is 51.4 Å². The molecule has 0 saturated carbocycles. The van der Waals surface area contributed by atoms with Crippen LogP contribution in [0.4, 0.5) is 0 Å². The van der Waals surface area contributed by atoms with Crippen LogP contribution in [-0.4, -0.2) is 22.2 Å². The van der Waals surface area contributed by atoms with Crippen molar-refractivity contribution in [2.45, 2.75) is 92.9 Å². The van der Waals surface area contributed by atoms with E-state index in [1.807, 2.05) is 0 Å². The number of rotatable bonds is 0. The molecule has 0 spiro atoms. The van der Waals surface area contributed by atoms with E-state index in [2.05, 4.69) is 6.07 Å². The van der Waals surface area contributed by atoms with Gasteiger partial charge < -0.3 is 22.6 Å². The van der Waals surface area contributed by atoms with E-state index in [0.717, 1.165) is 0 Å². The van der Waals surface area contributed by atoms with Gasteiger partial charge in [0.05, 0.1) is 10.8 Å². The zero-order chi connectivity index (χ0) is 20.8. The van der Waals surface area contributed by atoms with Crippen molar-refractivity contribution in [1.82, 2.24) is 0 Å². The van der Waals surface area contributed by atoms with Crippen LogP contribution in [0, 0.1) is 10.8 Å². The van der Waals surface area contributed by atoms with Crippen LogP contribution in [-0.2, 0) is 57.0 Å². The van der Waals surface area contributed by atoms with Gasteiger partial charge in [0.15, 0.2) is 0 Å². The summed E-state index contributed by atoms with van der Waals surface area (Å²) in [7, 11) is 0. The number of hydrogen-bond donors (Lipinski definition) is 2. The summed E-state index contributed by atoms with van der Waals surface area (Å²) in [5.74, 6) is -1.51. The molecule has 0 unspecified atom stereocenters. The van der Waals surface area contributed by atoms with E-state index in [9.17, 15) is 9.59 Å². The van der Waals surface area contributed by atoms with E-state index in [1.165, 1.54) is 51.4 Å². The second kappa shape index (κ2) is 12.9. The molecule has 6 heteroatoms. The van der Waals surface area contributed by atoms with E-state index in [4.69, 9.17) is 10.2 Å². The van der Waals surface area contributed by atoms with Gasteiger partial charge in [0, 0.05) is 0 Å². The van der Waals surface area contributed by atoms with Crippen molar-refractivity contribution in [3.05, 3.63) is 28.3 Å². The molecule has 0 aliphatic heterocycles. The minimum atomic E-state index is -0.757. The number of hydrogen-bond acceptors (Lipinski definition) is 2. The Balaban J connectivity index is 0. The topological polar surface area (TPSA) is 74.6 Å². The molecule has 0 amide bonds. The molecule has 1 aromatic rings. The van der Waals surface area contributed by atoms with Crippen LogP contribution in [0.25, 0.3) is 0 Å². The summed E-state index contributed by atoms with van der Waals surface area (Å²) in [6, 6.07) is 2.52. The van der Waals surface area contributed by atoms with Crippen LogP contribution in [0.15, 0.2) is 6.07 Å². The summed E-state index contributed by atoms with van der Waals surface area (Å²) in [4.78, 5) is 20.0. The first-order chi connectivity index (χ1) is 12.3. The molecule has 2 aliphatic rings. The zero-order valence-electron chi connectivity index (χ0n) is 18.8. The van der Waals surface area contributed by atoms with Crippen LogP contribution in [0.3, 0.4) is 0 Å². The second-order valence-corrected chi connectivity index (χ2v) is 9.68. The molecule has 2 aliphatic carbocycles. The molecule has 0 heterocycles. The SMILES string of the molecule is CC(C)(C)C(=O)O.CC(C)(C)C(=O)O.[Cl-].[Ti+2].[cH-]1c2c(c3c1CCCC3)CCCC2. The Labute approximate surface area is 197 Å². The zero-order valence-corrected chi connectivity index (χ0v) is 21.1. The van der Waals surface area contributed by atoms with E-state index in [1.54, 1.807) is 63.8 Å². The van der Waals surface area contributed by atoms with E-state index in [0.29, 0.717) is 0 Å². The van der Waals surface area contributed by atoms with Gasteiger partial charge >= 0.3 is 33.7 Å². The molecule has 0 bridgehead atoms. The Kier molecular flexibility index (Phi) is 13.5. The quantitative estimate of drug-likeness (QED) is 0.460. The third-order valence-electron chi connectivity index (χ3n) is 5.02. The van der Waals surface area contributed by atoms with Crippen LogP contribution >= 0.6 is 0 Å². The average Bonchev–Trinajstić information content (AvgIpc) is 2.93. The normalized spacial score (nSPS) is 14.8. The van der Waals surface area contributed by atoms with Gasteiger partial charge in [0.1, 0.15) is 0 Å². The number of fused-ring (bicyclic) bond motifs is 3. The van der Waals surface area contributed by atoms with Crippen molar-refractivity contribution in [3.8, 4) is 0 Å². The smallest absolute Gasteiger partial charge is 1.00 e. The molecule has 2 N–H and O–H groups in total. The minimum absolute atomic E-state index is 0. The molecule has 4 nitrogen and oxygen atoms in total. The standard InChI is InChI=1S/C13H17.2C5H10O2.ClH.Ti/c1-3-7-12-10(5-1)9-11-6-2-4-8-13(11)12;2*1-5(2,3)4(6)7;;/h9H,1-8H2;2*1-3H3,(H,6,7);1H;/q-1;;;;+2/p-1. The van der Waals surface area contributed by atoms with Gasteiger partial charge in [-0.25, -0.2) is 0 Å². The fourth-order valence-corrected chi connectivity index (χ4v) is 3.08. The fraction of sp³-hybridized carbons (Fsp3) is 0.696. The third kappa shape index (κ3) is 10.2. The molecule has 29 heavy (non-hydrogen) atoms. The molecule has 0 fully saturated rings. The van der Waals surface area contributed by atoms with Crippen LogP contribution in [0.5, 0.6) is 0 Å². The number of carboxylic acids is 2. The summed E-state index contributed by atoms with van der Waals surface area (Å²) in [6.07, 6.45) is 11.2. The Hall–Kier alpha value is -0.706. The van der Waals surface area contributed by atoms with Crippen LogP contribution < -0.4 is 12.4 Å². The van der Waals surface area contributed by atoms with Crippen molar-refractivity contribution in [2.75, 3.05) is 0 Å². The first-order valence-corrected chi connectivity index (χ1v) is 10.1. The van der Waals surface area contributed by atoms with Crippen LogP contribution in [0.2, 0.25) is 0 Å². The Morgan fingerprint density at radius 3 is 1.17 bits per heavy atom. The maximum Gasteiger partial charge on any atom is 2.00 e. The number of halogens is 1. The fourth-order valence-electron chi connectivity index (χ4n) is 3.08. The predicted molar refractivity (Wildman–Crippen MR) is 110 cm³/mol. The summed E-state index contributed by atoms with van der Waals surface area (Å²) < 4.78 is 0. The summed E-state index contributed by atoms with van der Waals surface area (Å²) in [5, 5.41) is 16.5. The summed E-state index contributed by atoms with van der Waals surface area (Å²) >= 11 is 0. The van der Waals surface area contributed by atoms with E-state index in [-0.39, 0.29) is 34.1 Å². The second-order valence-electron chi connectivity index (χ2n) is 9.68. The van der Waals surface area contributed by atoms with Crippen LogP contribution in [0.1, 0.15) is 89.5 Å². The molecule has 0 radical (unpaired) electrons. The van der Waals surface area contributed by atoms with Gasteiger partial charge in [-0.3, -0.25) is 9.59 Å². The number of carboxylic acid groups (broad SMARTS) is 2. The first-order valence-electron chi connectivity index (χ1n) is 10.1. The van der Waals surface area contributed by atoms with Crippen molar-refractivity contribution in [1.29, 1.82) is 0 Å². The van der Waals surface area contributed by atoms with Crippen molar-refractivity contribution in [3.63, 3.8) is 0 Å². The Bertz CT molecular complexity index is 597. The number of aryl methyl sites for hydroxylation is 2. The Morgan fingerprint density at radius 2 is 0.931 bits per heavy atom. The molecule has 1 aromatic carbocycles. The average molecular weight is 461 g/mol. The summed E-state index contributed by atoms with van der Waals surface area (Å²) in [5.41, 5.74) is 5.78. The van der Waals surface area contributed by atoms with Gasteiger partial charge in [0.2, 0.25) is 0 Å². The van der Waals surface area contributed by atoms with E-state index >= 15 is 0 Å². The largest absolute Gasteiger partial charge is 2.00 e.